The van der Waals surface area contributed by atoms with Crippen molar-refractivity contribution >= 4 is 65.8 Å². The van der Waals surface area contributed by atoms with E-state index in [-0.39, 0.29) is 101 Å². The number of imidazole rings is 2. The van der Waals surface area contributed by atoms with Gasteiger partial charge in [0, 0.05) is 147 Å². The van der Waals surface area contributed by atoms with Crippen molar-refractivity contribution in [2.24, 2.45) is 0 Å². The Labute approximate surface area is 793 Å². The van der Waals surface area contributed by atoms with Crippen molar-refractivity contribution in [1.29, 1.82) is 0 Å². The Balaban J connectivity index is 0.000000141. The number of hydrogen-bond acceptors (Lipinski definition) is 12. The van der Waals surface area contributed by atoms with E-state index in [4.69, 9.17) is 0 Å². The molecule has 0 bridgehead atoms. The summed E-state index contributed by atoms with van der Waals surface area (Å²) in [4.78, 5) is 53.4. The van der Waals surface area contributed by atoms with Gasteiger partial charge in [-0.3, -0.25) is 44.9 Å². The van der Waals surface area contributed by atoms with Crippen LogP contribution in [0.3, 0.4) is 0 Å². The maximum Gasteiger partial charge on any atom is 0.126 e. The Bertz CT molecular complexity index is 6970. The van der Waals surface area contributed by atoms with Crippen molar-refractivity contribution in [2.75, 3.05) is 0 Å². The normalized spacial score (nSPS) is 10.2. The molecule has 22 rings (SSSR count). The second-order valence-electron chi connectivity index (χ2n) is 27.7. The zero-order chi connectivity index (χ0) is 81.6. The van der Waals surface area contributed by atoms with E-state index in [2.05, 4.69) is 158 Å². The zero-order valence-corrected chi connectivity index (χ0v) is 79.8. The minimum Gasteiger partial charge on any atom is -0.316 e. The van der Waals surface area contributed by atoms with Gasteiger partial charge in [-0.1, -0.05) is 147 Å². The van der Waals surface area contributed by atoms with Gasteiger partial charge in [-0.25, -0.2) is 15.0 Å². The van der Waals surface area contributed by atoms with Gasteiger partial charge < -0.3 is 8.80 Å². The monoisotopic (exact) mass is 2510 g/mol. The number of rotatable bonds is 8. The first-order chi connectivity index (χ1) is 59.1. The van der Waals surface area contributed by atoms with E-state index < -0.39 is 0 Å². The smallest absolute Gasteiger partial charge is 0.126 e. The summed E-state index contributed by atoms with van der Waals surface area (Å²) < 4.78 is 4.02. The molecule has 0 saturated heterocycles. The van der Waals surface area contributed by atoms with Crippen LogP contribution in [-0.4, -0.2) is 68.6 Å². The van der Waals surface area contributed by atoms with Gasteiger partial charge in [0.2, 0.25) is 0 Å². The van der Waals surface area contributed by atoms with Crippen LogP contribution in [-0.2, 0) is 101 Å². The Kier molecular flexibility index (Phi) is 34.2. The average molecular weight is 2510 g/mol. The molecule has 0 N–H and O–H groups in total. The van der Waals surface area contributed by atoms with E-state index in [0.717, 1.165) is 162 Å². The number of aryl methyl sites for hydroxylation is 4. The van der Waals surface area contributed by atoms with Crippen LogP contribution in [0.15, 0.2) is 383 Å². The summed E-state index contributed by atoms with van der Waals surface area (Å²) in [5, 5.41) is 5.35. The number of benzene rings is 13. The Hall–Kier alpha value is -12.8. The van der Waals surface area contributed by atoms with Gasteiger partial charge in [0.15, 0.2) is 0 Å². The SMILES string of the molecule is Cc1c[c-]c(-c2nc(C)c3ccccc3n2)cc1.Cc1c[c-]c(-c2nc(C)nc3ccccc23)cc1.[Ir].[Ir].[Ir].[Ir].[Ir].[c-]1ccc(-c2ccccc2)cc1-c1ncnc2ccccc12.[c-]1ccccc1-c1cn2ccccc2n1.[c-]1ccccc1-c1cn2ccccc2n1.[c-]1ccccc1-c1ncc2ccccc2n1.[c-]1ccccc1-c1ncnc2ccccc12. The Morgan fingerprint density at radius 1 is 0.264 bits per heavy atom. The minimum atomic E-state index is 0. The fourth-order valence-corrected chi connectivity index (χ4v) is 13.3. The predicted molar refractivity (Wildman–Crippen MR) is 482 cm³/mol. The molecule has 0 amide bonds. The molecule has 0 saturated carbocycles. The molecular formula is C106H75Ir5N14-7. The first-order valence-corrected chi connectivity index (χ1v) is 39.0. The molecule has 5 radical (unpaired) electrons. The fraction of sp³-hybridized carbons (Fsp3) is 0.0377. The summed E-state index contributed by atoms with van der Waals surface area (Å²) in [5.74, 6) is 2.25. The summed E-state index contributed by atoms with van der Waals surface area (Å²) in [6.07, 6.45) is 13.1. The maximum absolute atomic E-state index is 4.59. The van der Waals surface area contributed by atoms with Crippen LogP contribution in [0.25, 0.3) is 156 Å². The molecule has 19 heteroatoms. The standard InChI is InChI=1S/C20H13N2.2C16H13N2.2C14H9N2.2C13H9N2.5Ir/c1-2-7-15(8-3-1)16-9-6-10-17(13-16)20-18-11-4-5-12-19(18)21-14-22-20;1-11-7-9-13(10-8-11)16-14-5-3-4-6-15(14)17-12(2)18-16;1-11-7-9-13(10-8-11)16-17-12(2)14-5-3-4-6-15(14)18-16;1-2-6-11(7-3-1)14-12-8-4-5-9-13(12)15-10-16-14;1-2-6-11(7-3-1)14-15-10-12-8-4-5-9-13(12)16-14;2*1-2-6-11(7-3-1)12-10-15-9-5-4-8-13(15)14-12;;;;;/h1-9,11-14H;2*3-9H,1-2H3;2*1-6,8-10H;2*1-6,8-10H;;;;;/q7*-1;;;;;. The van der Waals surface area contributed by atoms with Crippen LogP contribution in [0.5, 0.6) is 0 Å². The molecule has 13 aromatic carbocycles. The number of aromatic nitrogens is 14. The predicted octanol–water partition coefficient (Wildman–Crippen LogP) is 24.0. The van der Waals surface area contributed by atoms with Gasteiger partial charge in [-0.2, -0.15) is 0 Å². The Morgan fingerprint density at radius 3 is 1.22 bits per heavy atom. The van der Waals surface area contributed by atoms with E-state index in [0.29, 0.717) is 0 Å². The molecule has 22 aromatic rings. The molecule has 0 spiro atoms. The number of hydrogen-bond donors (Lipinski definition) is 0. The van der Waals surface area contributed by atoms with E-state index in [9.17, 15) is 0 Å². The molecule has 0 fully saturated rings. The quantitative estimate of drug-likeness (QED) is 0.133. The molecule has 9 aromatic heterocycles. The summed E-state index contributed by atoms with van der Waals surface area (Å²) >= 11 is 0. The number of para-hydroxylation sites is 5. The number of fused-ring (bicyclic) bond motifs is 7. The van der Waals surface area contributed by atoms with Crippen molar-refractivity contribution in [1.82, 2.24) is 68.6 Å². The van der Waals surface area contributed by atoms with Crippen molar-refractivity contribution in [2.45, 2.75) is 27.7 Å². The number of pyridine rings is 2. The third-order valence-electron chi connectivity index (χ3n) is 19.3. The first-order valence-electron chi connectivity index (χ1n) is 39.0. The molecule has 0 unspecified atom stereocenters. The summed E-state index contributed by atoms with van der Waals surface area (Å²) in [5.41, 5.74) is 24.2. The van der Waals surface area contributed by atoms with Crippen molar-refractivity contribution in [3.05, 3.63) is 448 Å². The van der Waals surface area contributed by atoms with Gasteiger partial charge in [0.1, 0.15) is 29.8 Å². The van der Waals surface area contributed by atoms with Crippen LogP contribution in [0.2, 0.25) is 0 Å². The van der Waals surface area contributed by atoms with Gasteiger partial charge in [-0.15, -0.1) is 250 Å². The summed E-state index contributed by atoms with van der Waals surface area (Å²) in [6, 6.07) is 135. The van der Waals surface area contributed by atoms with Crippen LogP contribution in [0.4, 0.5) is 0 Å². The van der Waals surface area contributed by atoms with E-state index in [1.165, 1.54) is 16.7 Å². The molecule has 621 valence electrons. The van der Waals surface area contributed by atoms with Gasteiger partial charge in [0.25, 0.3) is 0 Å². The summed E-state index contributed by atoms with van der Waals surface area (Å²) in [6.45, 7) is 8.04. The molecular weight excluding hydrogens is 2430 g/mol. The van der Waals surface area contributed by atoms with Crippen molar-refractivity contribution in [3.8, 4) is 90.2 Å². The van der Waals surface area contributed by atoms with Crippen molar-refractivity contribution in [3.63, 3.8) is 0 Å². The molecule has 9 heterocycles. The van der Waals surface area contributed by atoms with E-state index in [1.54, 1.807) is 12.7 Å². The topological polar surface area (TPSA) is 164 Å². The van der Waals surface area contributed by atoms with Gasteiger partial charge in [0.05, 0.1) is 39.2 Å². The van der Waals surface area contributed by atoms with E-state index >= 15 is 0 Å². The average Bonchev–Trinajstić information content (AvgIpc) is 1.74. The minimum absolute atomic E-state index is 0. The van der Waals surface area contributed by atoms with Gasteiger partial charge in [-0.05, 0) is 120 Å². The van der Waals surface area contributed by atoms with Crippen molar-refractivity contribution < 1.29 is 101 Å². The maximum atomic E-state index is 4.59. The molecule has 0 aliphatic heterocycles. The second kappa shape index (κ2) is 46.1. The van der Waals surface area contributed by atoms with Crippen LogP contribution < -0.4 is 0 Å². The fourth-order valence-electron chi connectivity index (χ4n) is 13.3. The molecule has 0 aliphatic rings. The molecule has 125 heavy (non-hydrogen) atoms. The third-order valence-corrected chi connectivity index (χ3v) is 19.3. The largest absolute Gasteiger partial charge is 0.316 e. The third kappa shape index (κ3) is 24.0. The first kappa shape index (κ1) is 92.9. The number of nitrogens with zero attached hydrogens (tertiary/aromatic N) is 14. The second-order valence-corrected chi connectivity index (χ2v) is 27.7. The van der Waals surface area contributed by atoms with Crippen LogP contribution in [0.1, 0.15) is 22.6 Å². The van der Waals surface area contributed by atoms with Crippen LogP contribution >= 0.6 is 0 Å². The van der Waals surface area contributed by atoms with E-state index in [1.807, 2.05) is 352 Å². The molecule has 0 aliphatic carbocycles. The zero-order valence-electron chi connectivity index (χ0n) is 67.8. The molecule has 14 nitrogen and oxygen atoms in total. The summed E-state index contributed by atoms with van der Waals surface area (Å²) in [7, 11) is 0. The van der Waals surface area contributed by atoms with Crippen LogP contribution in [0, 0.1) is 70.2 Å². The van der Waals surface area contributed by atoms with Gasteiger partial charge >= 0.3 is 0 Å². The Morgan fingerprint density at radius 2 is 0.688 bits per heavy atom. The molecule has 0 atom stereocenters.